The molecule has 5 heteroatoms. The first-order valence-electron chi connectivity index (χ1n) is 5.23. The van der Waals surface area contributed by atoms with Gasteiger partial charge in [-0.15, -0.1) is 0 Å². The summed E-state index contributed by atoms with van der Waals surface area (Å²) >= 11 is 0. The molecule has 1 unspecified atom stereocenters. The molecule has 17 heavy (non-hydrogen) atoms. The monoisotopic (exact) mass is 237 g/mol. The number of hydrogen-bond donors (Lipinski definition) is 2. The maximum absolute atomic E-state index is 11.5. The number of carbonyl (C=O) groups is 2. The van der Waals surface area contributed by atoms with E-state index in [9.17, 15) is 9.59 Å². The zero-order valence-corrected chi connectivity index (χ0v) is 9.55. The Morgan fingerprint density at radius 1 is 1.35 bits per heavy atom. The highest BCUT2D eigenvalue weighted by Gasteiger charge is 2.21. The number of aliphatic carboxylic acids is 1. The molecule has 5 nitrogen and oxygen atoms in total. The first-order valence-corrected chi connectivity index (χ1v) is 5.23. The minimum Gasteiger partial charge on any atom is -0.481 e. The molecular weight excluding hydrogens is 222 g/mol. The SMILES string of the molecule is CNC(CC(=O)O)C(=O)OCc1ccccc1. The van der Waals surface area contributed by atoms with Gasteiger partial charge in [0, 0.05) is 0 Å². The van der Waals surface area contributed by atoms with Gasteiger partial charge in [-0.3, -0.25) is 9.59 Å². The first kappa shape index (κ1) is 13.2. The average molecular weight is 237 g/mol. The highest BCUT2D eigenvalue weighted by molar-refractivity contribution is 5.81. The number of rotatable bonds is 6. The zero-order valence-electron chi connectivity index (χ0n) is 9.55. The van der Waals surface area contributed by atoms with Gasteiger partial charge in [0.05, 0.1) is 6.42 Å². The van der Waals surface area contributed by atoms with E-state index < -0.39 is 18.0 Å². The molecule has 0 aliphatic carbocycles. The van der Waals surface area contributed by atoms with Gasteiger partial charge in [0.25, 0.3) is 0 Å². The van der Waals surface area contributed by atoms with E-state index in [0.29, 0.717) is 0 Å². The summed E-state index contributed by atoms with van der Waals surface area (Å²) in [6.07, 6.45) is -0.288. The van der Waals surface area contributed by atoms with E-state index in [2.05, 4.69) is 5.32 Å². The lowest BCUT2D eigenvalue weighted by Crippen LogP contribution is -2.37. The van der Waals surface area contributed by atoms with Crippen molar-refractivity contribution in [3.63, 3.8) is 0 Å². The van der Waals surface area contributed by atoms with E-state index in [4.69, 9.17) is 9.84 Å². The number of carboxylic acid groups (broad SMARTS) is 1. The fourth-order valence-electron chi connectivity index (χ4n) is 1.31. The lowest BCUT2D eigenvalue weighted by Gasteiger charge is -2.13. The number of nitrogens with one attached hydrogen (secondary N) is 1. The van der Waals surface area contributed by atoms with Crippen molar-refractivity contribution in [2.24, 2.45) is 0 Å². The minimum atomic E-state index is -1.04. The van der Waals surface area contributed by atoms with Gasteiger partial charge in [0.2, 0.25) is 0 Å². The third-order valence-electron chi connectivity index (χ3n) is 2.24. The molecule has 0 bridgehead atoms. The molecule has 92 valence electrons. The van der Waals surface area contributed by atoms with Crippen LogP contribution >= 0.6 is 0 Å². The normalized spacial score (nSPS) is 11.8. The van der Waals surface area contributed by atoms with E-state index in [1.54, 1.807) is 0 Å². The number of ether oxygens (including phenoxy) is 1. The number of carboxylic acids is 1. The van der Waals surface area contributed by atoms with Crippen LogP contribution in [0.4, 0.5) is 0 Å². The predicted octanol–water partition coefficient (Wildman–Crippen LogP) is 0.792. The van der Waals surface area contributed by atoms with Crippen LogP contribution in [0.1, 0.15) is 12.0 Å². The van der Waals surface area contributed by atoms with Crippen LogP contribution in [0.5, 0.6) is 0 Å². The van der Waals surface area contributed by atoms with Crippen LogP contribution in [-0.4, -0.2) is 30.1 Å². The molecule has 0 saturated heterocycles. The Bertz CT molecular complexity index is 377. The van der Waals surface area contributed by atoms with Crippen LogP contribution in [0.15, 0.2) is 30.3 Å². The van der Waals surface area contributed by atoms with Crippen molar-refractivity contribution in [2.75, 3.05) is 7.05 Å². The van der Waals surface area contributed by atoms with Crippen LogP contribution in [0.3, 0.4) is 0 Å². The lowest BCUT2D eigenvalue weighted by atomic mass is 10.2. The smallest absolute Gasteiger partial charge is 0.324 e. The van der Waals surface area contributed by atoms with Crippen LogP contribution in [0.25, 0.3) is 0 Å². The average Bonchev–Trinajstić information content (AvgIpc) is 2.34. The third-order valence-corrected chi connectivity index (χ3v) is 2.24. The summed E-state index contributed by atoms with van der Waals surface area (Å²) in [6, 6.07) is 8.41. The maximum atomic E-state index is 11.5. The van der Waals surface area contributed by atoms with Gasteiger partial charge in [-0.05, 0) is 12.6 Å². The number of likely N-dealkylation sites (N-methyl/N-ethyl adjacent to an activating group) is 1. The van der Waals surface area contributed by atoms with E-state index in [-0.39, 0.29) is 13.0 Å². The minimum absolute atomic E-state index is 0.150. The summed E-state index contributed by atoms with van der Waals surface area (Å²) in [4.78, 5) is 22.0. The second-order valence-corrected chi connectivity index (χ2v) is 3.53. The summed E-state index contributed by atoms with van der Waals surface area (Å²) in [5.74, 6) is -1.60. The molecule has 1 rings (SSSR count). The second-order valence-electron chi connectivity index (χ2n) is 3.53. The Labute approximate surface area is 99.4 Å². The summed E-state index contributed by atoms with van der Waals surface area (Å²) in [6.45, 7) is 0.150. The largest absolute Gasteiger partial charge is 0.481 e. The van der Waals surface area contributed by atoms with Crippen molar-refractivity contribution in [3.8, 4) is 0 Å². The van der Waals surface area contributed by atoms with Crippen LogP contribution in [-0.2, 0) is 20.9 Å². The molecule has 0 aliphatic heterocycles. The highest BCUT2D eigenvalue weighted by atomic mass is 16.5. The van der Waals surface area contributed by atoms with E-state index in [1.807, 2.05) is 30.3 Å². The number of benzene rings is 1. The van der Waals surface area contributed by atoms with E-state index in [0.717, 1.165) is 5.56 Å². The molecule has 0 fully saturated rings. The van der Waals surface area contributed by atoms with Gasteiger partial charge in [-0.1, -0.05) is 30.3 Å². The van der Waals surface area contributed by atoms with Crippen molar-refractivity contribution in [1.29, 1.82) is 0 Å². The van der Waals surface area contributed by atoms with E-state index >= 15 is 0 Å². The van der Waals surface area contributed by atoms with Gasteiger partial charge >= 0.3 is 11.9 Å². The number of hydrogen-bond acceptors (Lipinski definition) is 4. The molecule has 0 heterocycles. The van der Waals surface area contributed by atoms with Crippen molar-refractivity contribution in [2.45, 2.75) is 19.1 Å². The Morgan fingerprint density at radius 2 is 2.00 bits per heavy atom. The van der Waals surface area contributed by atoms with Gasteiger partial charge < -0.3 is 15.2 Å². The molecular formula is C12H15NO4. The molecule has 0 radical (unpaired) electrons. The predicted molar refractivity (Wildman–Crippen MR) is 61.3 cm³/mol. The molecule has 0 amide bonds. The van der Waals surface area contributed by atoms with Gasteiger partial charge in [-0.2, -0.15) is 0 Å². The standard InChI is InChI=1S/C12H15NO4/c1-13-10(7-11(14)15)12(16)17-8-9-5-3-2-4-6-9/h2-6,10,13H,7-8H2,1H3,(H,14,15). The van der Waals surface area contributed by atoms with Crippen molar-refractivity contribution < 1.29 is 19.4 Å². The Kier molecular flexibility index (Phi) is 5.16. The Hall–Kier alpha value is -1.88. The zero-order chi connectivity index (χ0) is 12.7. The van der Waals surface area contributed by atoms with Crippen LogP contribution in [0, 0.1) is 0 Å². The summed E-state index contributed by atoms with van der Waals surface area (Å²) < 4.78 is 5.02. The van der Waals surface area contributed by atoms with Crippen molar-refractivity contribution in [1.82, 2.24) is 5.32 Å². The van der Waals surface area contributed by atoms with E-state index in [1.165, 1.54) is 7.05 Å². The lowest BCUT2D eigenvalue weighted by molar-refractivity contribution is -0.151. The molecule has 0 aliphatic rings. The molecule has 1 aromatic carbocycles. The number of esters is 1. The van der Waals surface area contributed by atoms with Gasteiger partial charge in [0.15, 0.2) is 0 Å². The topological polar surface area (TPSA) is 75.6 Å². The Balaban J connectivity index is 2.45. The van der Waals surface area contributed by atoms with Crippen LogP contribution in [0.2, 0.25) is 0 Å². The second kappa shape index (κ2) is 6.65. The van der Waals surface area contributed by atoms with Crippen molar-refractivity contribution in [3.05, 3.63) is 35.9 Å². The Morgan fingerprint density at radius 3 is 2.53 bits per heavy atom. The molecule has 0 aromatic heterocycles. The van der Waals surface area contributed by atoms with Crippen LogP contribution < -0.4 is 5.32 Å². The van der Waals surface area contributed by atoms with Gasteiger partial charge in [0.1, 0.15) is 12.6 Å². The summed E-state index contributed by atoms with van der Waals surface area (Å²) in [5.41, 5.74) is 0.867. The summed E-state index contributed by atoms with van der Waals surface area (Å²) in [7, 11) is 1.53. The number of carbonyl (C=O) groups excluding carboxylic acids is 1. The maximum Gasteiger partial charge on any atom is 0.324 e. The molecule has 0 saturated carbocycles. The first-order chi connectivity index (χ1) is 8.13. The fraction of sp³-hybridized carbons (Fsp3) is 0.333. The third kappa shape index (κ3) is 4.65. The molecule has 2 N–H and O–H groups in total. The highest BCUT2D eigenvalue weighted by Crippen LogP contribution is 2.03. The molecule has 1 atom stereocenters. The quantitative estimate of drug-likeness (QED) is 0.715. The summed E-state index contributed by atoms with van der Waals surface area (Å²) in [5, 5.41) is 11.2. The molecule has 1 aromatic rings. The van der Waals surface area contributed by atoms with Gasteiger partial charge in [-0.25, -0.2) is 0 Å². The molecule has 0 spiro atoms. The van der Waals surface area contributed by atoms with Crippen molar-refractivity contribution >= 4 is 11.9 Å². The fourth-order valence-corrected chi connectivity index (χ4v) is 1.31.